The lowest BCUT2D eigenvalue weighted by molar-refractivity contribution is -0.133. The maximum Gasteiger partial charge on any atom is 0.252 e. The molecule has 2 N–H and O–H groups in total. The molecule has 0 aliphatic carbocycles. The number of carbonyl (C=O) groups excluding carboxylic acids is 2. The molecule has 0 aromatic heterocycles. The second-order valence-corrected chi connectivity index (χ2v) is 10.8. The third-order valence-corrected chi connectivity index (χ3v) is 7.45. The number of hydrogen-bond acceptors (Lipinski definition) is 6. The molecule has 194 valence electrons. The molecule has 0 spiro atoms. The summed E-state index contributed by atoms with van der Waals surface area (Å²) in [5.74, 6) is -1.26. The number of rotatable bonds is 7. The zero-order valence-electron chi connectivity index (χ0n) is 20.6. The van der Waals surface area contributed by atoms with Gasteiger partial charge in [0, 0.05) is 50.7 Å². The Morgan fingerprint density at radius 2 is 1.62 bits per heavy atom. The summed E-state index contributed by atoms with van der Waals surface area (Å²) < 4.78 is 38.2. The van der Waals surface area contributed by atoms with E-state index in [0.29, 0.717) is 43.0 Å². The molecule has 0 unspecified atom stereocenters. The van der Waals surface area contributed by atoms with Gasteiger partial charge >= 0.3 is 0 Å². The Kier molecular flexibility index (Phi) is 7.77. The number of hydrogen-bond donors (Lipinski definition) is 2. The summed E-state index contributed by atoms with van der Waals surface area (Å²) in [6.45, 7) is 1.35. The van der Waals surface area contributed by atoms with Crippen molar-refractivity contribution in [1.82, 2.24) is 10.2 Å². The first-order valence-electron chi connectivity index (χ1n) is 11.8. The van der Waals surface area contributed by atoms with Crippen LogP contribution in [-0.4, -0.2) is 64.6 Å². The fourth-order valence-electron chi connectivity index (χ4n) is 4.36. The number of carbonyl (C=O) groups is 2. The third-order valence-electron chi connectivity index (χ3n) is 6.32. The number of piperazine rings is 1. The first-order valence-corrected chi connectivity index (χ1v) is 13.7. The number of amides is 2. The maximum absolute atomic E-state index is 13.8. The van der Waals surface area contributed by atoms with Crippen molar-refractivity contribution in [1.29, 1.82) is 0 Å². The van der Waals surface area contributed by atoms with E-state index in [1.54, 1.807) is 42.3 Å². The zero-order valence-corrected chi connectivity index (χ0v) is 21.5. The number of sulfone groups is 1. The highest BCUT2D eigenvalue weighted by molar-refractivity contribution is 7.90. The van der Waals surface area contributed by atoms with Crippen LogP contribution < -0.4 is 15.5 Å². The summed E-state index contributed by atoms with van der Waals surface area (Å²) in [4.78, 5) is 30.1. The molecule has 1 atom stereocenters. The van der Waals surface area contributed by atoms with E-state index in [4.69, 9.17) is 0 Å². The van der Waals surface area contributed by atoms with Crippen molar-refractivity contribution in [3.8, 4) is 0 Å². The van der Waals surface area contributed by atoms with Crippen molar-refractivity contribution >= 4 is 33.0 Å². The fourth-order valence-corrected chi connectivity index (χ4v) is 5.26. The molecule has 3 aromatic carbocycles. The lowest BCUT2D eigenvalue weighted by atomic mass is 10.0. The highest BCUT2D eigenvalue weighted by atomic mass is 32.2. The Labute approximate surface area is 216 Å². The first-order chi connectivity index (χ1) is 17.7. The van der Waals surface area contributed by atoms with Crippen molar-refractivity contribution in [2.75, 3.05) is 49.7 Å². The van der Waals surface area contributed by atoms with Crippen LogP contribution in [0.5, 0.6) is 0 Å². The minimum absolute atomic E-state index is 0.0782. The van der Waals surface area contributed by atoms with Gasteiger partial charge in [0.05, 0.1) is 10.6 Å². The Morgan fingerprint density at radius 1 is 0.919 bits per heavy atom. The third kappa shape index (κ3) is 6.08. The van der Waals surface area contributed by atoms with Crippen molar-refractivity contribution in [3.63, 3.8) is 0 Å². The standard InChI is InChI=1S/C27H29FN4O4S/c1-29-22-10-6-9-20(17-22)26(33)30-25(19-7-4-3-5-8-19)27(34)32-15-13-31(14-16-32)23-12-11-21(28)18-24(23)37(2,35)36/h3-12,17-18,25,29H,13-16H2,1-2H3,(H,30,33)/t25-/m1/s1. The van der Waals surface area contributed by atoms with Gasteiger partial charge < -0.3 is 20.4 Å². The summed E-state index contributed by atoms with van der Waals surface area (Å²) in [6, 6.07) is 18.8. The monoisotopic (exact) mass is 524 g/mol. The van der Waals surface area contributed by atoms with Crippen molar-refractivity contribution in [2.45, 2.75) is 10.9 Å². The molecular formula is C27H29FN4O4S. The van der Waals surface area contributed by atoms with Gasteiger partial charge in [-0.1, -0.05) is 36.4 Å². The Morgan fingerprint density at radius 3 is 2.27 bits per heavy atom. The summed E-state index contributed by atoms with van der Waals surface area (Å²) in [5.41, 5.74) is 2.27. The second-order valence-electron chi connectivity index (χ2n) is 8.84. The molecule has 8 nitrogen and oxygen atoms in total. The van der Waals surface area contributed by atoms with Crippen LogP contribution in [0.3, 0.4) is 0 Å². The van der Waals surface area contributed by atoms with Gasteiger partial charge in [-0.3, -0.25) is 9.59 Å². The number of halogens is 1. The van der Waals surface area contributed by atoms with Crippen molar-refractivity contribution < 1.29 is 22.4 Å². The molecule has 37 heavy (non-hydrogen) atoms. The number of nitrogens with zero attached hydrogens (tertiary/aromatic N) is 2. The molecule has 1 fully saturated rings. The minimum Gasteiger partial charge on any atom is -0.388 e. The molecule has 4 rings (SSSR count). The summed E-state index contributed by atoms with van der Waals surface area (Å²) in [7, 11) is -1.88. The smallest absolute Gasteiger partial charge is 0.252 e. The zero-order chi connectivity index (χ0) is 26.6. The van der Waals surface area contributed by atoms with E-state index < -0.39 is 21.7 Å². The number of anilines is 2. The lowest BCUT2D eigenvalue weighted by Crippen LogP contribution is -2.52. The average Bonchev–Trinajstić information content (AvgIpc) is 2.91. The average molecular weight is 525 g/mol. The van der Waals surface area contributed by atoms with Crippen LogP contribution in [0.2, 0.25) is 0 Å². The predicted molar refractivity (Wildman–Crippen MR) is 141 cm³/mol. The highest BCUT2D eigenvalue weighted by Gasteiger charge is 2.31. The molecular weight excluding hydrogens is 495 g/mol. The van der Waals surface area contributed by atoms with Crippen molar-refractivity contribution in [2.24, 2.45) is 0 Å². The van der Waals surface area contributed by atoms with Crippen LogP contribution in [0.15, 0.2) is 77.7 Å². The van der Waals surface area contributed by atoms with Gasteiger partial charge in [-0.2, -0.15) is 0 Å². The molecule has 1 aliphatic rings. The van der Waals surface area contributed by atoms with E-state index in [1.807, 2.05) is 29.2 Å². The second kappa shape index (κ2) is 11.0. The van der Waals surface area contributed by atoms with Crippen LogP contribution in [0.4, 0.5) is 15.8 Å². The normalized spacial score (nSPS) is 14.7. The Bertz CT molecular complexity index is 1390. The summed E-state index contributed by atoms with van der Waals surface area (Å²) in [5, 5.41) is 5.88. The van der Waals surface area contributed by atoms with Crippen LogP contribution in [0.25, 0.3) is 0 Å². The van der Waals surface area contributed by atoms with Crippen molar-refractivity contribution in [3.05, 3.63) is 89.7 Å². The SMILES string of the molecule is CNc1cccc(C(=O)N[C@@H](C(=O)N2CCN(c3ccc(F)cc3S(C)(=O)=O)CC2)c2ccccc2)c1. The van der Waals surface area contributed by atoms with Crippen LogP contribution in [0, 0.1) is 5.82 Å². The van der Waals surface area contributed by atoms with E-state index in [1.165, 1.54) is 12.1 Å². The van der Waals surface area contributed by atoms with Gasteiger partial charge in [-0.25, -0.2) is 12.8 Å². The largest absolute Gasteiger partial charge is 0.388 e. The van der Waals surface area contributed by atoms with E-state index in [2.05, 4.69) is 10.6 Å². The summed E-state index contributed by atoms with van der Waals surface area (Å²) >= 11 is 0. The molecule has 10 heteroatoms. The van der Waals surface area contributed by atoms with Crippen LogP contribution in [0.1, 0.15) is 22.0 Å². The molecule has 3 aromatic rings. The van der Waals surface area contributed by atoms with E-state index in [0.717, 1.165) is 18.0 Å². The Balaban J connectivity index is 1.52. The highest BCUT2D eigenvalue weighted by Crippen LogP contribution is 2.28. The van der Waals surface area contributed by atoms with Gasteiger partial charge in [-0.15, -0.1) is 0 Å². The van der Waals surface area contributed by atoms with E-state index in [-0.39, 0.29) is 16.7 Å². The van der Waals surface area contributed by atoms with Crippen LogP contribution in [-0.2, 0) is 14.6 Å². The van der Waals surface area contributed by atoms with Crippen LogP contribution >= 0.6 is 0 Å². The van der Waals surface area contributed by atoms with Gasteiger partial charge in [0.1, 0.15) is 11.9 Å². The minimum atomic E-state index is -3.64. The van der Waals surface area contributed by atoms with Gasteiger partial charge in [0.15, 0.2) is 9.84 Å². The molecule has 0 bridgehead atoms. The van der Waals surface area contributed by atoms with E-state index in [9.17, 15) is 22.4 Å². The Hall–Kier alpha value is -3.92. The van der Waals surface area contributed by atoms with Gasteiger partial charge in [0.25, 0.3) is 5.91 Å². The van der Waals surface area contributed by atoms with E-state index >= 15 is 0 Å². The fraction of sp³-hybridized carbons (Fsp3) is 0.259. The molecule has 1 aliphatic heterocycles. The molecule has 1 heterocycles. The number of nitrogens with one attached hydrogen (secondary N) is 2. The van der Waals surface area contributed by atoms with Gasteiger partial charge in [0.2, 0.25) is 5.91 Å². The molecule has 2 amide bonds. The molecule has 1 saturated heterocycles. The molecule has 0 saturated carbocycles. The quantitative estimate of drug-likeness (QED) is 0.493. The predicted octanol–water partition coefficient (Wildman–Crippen LogP) is 3.09. The molecule has 0 radical (unpaired) electrons. The maximum atomic E-state index is 13.8. The topological polar surface area (TPSA) is 98.8 Å². The number of benzene rings is 3. The first kappa shape index (κ1) is 26.2. The lowest BCUT2D eigenvalue weighted by Gasteiger charge is -2.38. The summed E-state index contributed by atoms with van der Waals surface area (Å²) in [6.07, 6.45) is 1.05. The van der Waals surface area contributed by atoms with Gasteiger partial charge in [-0.05, 0) is 42.0 Å².